The Hall–Kier alpha value is -2.16. The molecule has 30 heavy (non-hydrogen) atoms. The van der Waals surface area contributed by atoms with Gasteiger partial charge in [0.25, 0.3) is 5.56 Å². The summed E-state index contributed by atoms with van der Waals surface area (Å²) >= 11 is 4.69. The van der Waals surface area contributed by atoms with Crippen molar-refractivity contribution in [3.05, 3.63) is 68.9 Å². The highest BCUT2D eigenvalue weighted by atomic mass is 79.9. The van der Waals surface area contributed by atoms with Gasteiger partial charge in [0.1, 0.15) is 0 Å². The topological polar surface area (TPSA) is 64.4 Å². The lowest BCUT2D eigenvalue weighted by atomic mass is 10.2. The number of carbonyl (C=O) groups excluding carboxylic acids is 1. The van der Waals surface area contributed by atoms with Crippen LogP contribution in [0.2, 0.25) is 0 Å². The standard InChI is InChI=1S/C22H24BrN3O3S/c1-15(13-29-3)26-21(28)18-6-4-5-7-19(18)24-22(26)30-14-20(27)25(2)12-16-8-10-17(23)11-9-16/h4-11,15H,12-14H2,1-3H3. The number of thioether (sulfide) groups is 1. The van der Waals surface area contributed by atoms with Crippen LogP contribution in [0.15, 0.2) is 63.0 Å². The number of benzene rings is 2. The van der Waals surface area contributed by atoms with Crippen LogP contribution in [0.5, 0.6) is 0 Å². The minimum Gasteiger partial charge on any atom is -0.383 e. The first kappa shape index (κ1) is 22.5. The molecular formula is C22H24BrN3O3S. The highest BCUT2D eigenvalue weighted by Gasteiger charge is 2.18. The molecule has 1 atom stereocenters. The molecule has 3 aromatic rings. The lowest BCUT2D eigenvalue weighted by Crippen LogP contribution is -2.30. The molecule has 1 amide bonds. The Balaban J connectivity index is 1.80. The second-order valence-corrected chi connectivity index (χ2v) is 8.91. The largest absolute Gasteiger partial charge is 0.383 e. The summed E-state index contributed by atoms with van der Waals surface area (Å²) in [6, 6.07) is 14.9. The first-order chi connectivity index (χ1) is 14.4. The van der Waals surface area contributed by atoms with Crippen molar-refractivity contribution in [3.8, 4) is 0 Å². The summed E-state index contributed by atoms with van der Waals surface area (Å²) < 4.78 is 7.87. The van der Waals surface area contributed by atoms with Gasteiger partial charge in [0.05, 0.1) is 29.3 Å². The molecule has 0 radical (unpaired) electrons. The monoisotopic (exact) mass is 489 g/mol. The normalized spacial score (nSPS) is 12.1. The number of rotatable bonds is 8. The van der Waals surface area contributed by atoms with E-state index in [1.54, 1.807) is 29.7 Å². The summed E-state index contributed by atoms with van der Waals surface area (Å²) in [5.41, 5.74) is 1.55. The number of fused-ring (bicyclic) bond motifs is 1. The molecule has 0 bridgehead atoms. The van der Waals surface area contributed by atoms with Crippen molar-refractivity contribution < 1.29 is 9.53 Å². The molecule has 1 unspecified atom stereocenters. The van der Waals surface area contributed by atoms with Crippen molar-refractivity contribution in [2.45, 2.75) is 24.7 Å². The van der Waals surface area contributed by atoms with Gasteiger partial charge in [-0.2, -0.15) is 0 Å². The number of hydrogen-bond donors (Lipinski definition) is 0. The zero-order chi connectivity index (χ0) is 21.7. The molecule has 0 aliphatic rings. The van der Waals surface area contributed by atoms with Crippen molar-refractivity contribution in [1.29, 1.82) is 0 Å². The Morgan fingerprint density at radius 1 is 1.23 bits per heavy atom. The van der Waals surface area contributed by atoms with Crippen LogP contribution in [0.25, 0.3) is 10.9 Å². The minimum absolute atomic E-state index is 0.0312. The SMILES string of the molecule is COCC(C)n1c(SCC(=O)N(C)Cc2ccc(Br)cc2)nc2ccccc2c1=O. The third-order valence-electron chi connectivity index (χ3n) is 4.71. The summed E-state index contributed by atoms with van der Waals surface area (Å²) in [5, 5.41) is 1.08. The van der Waals surface area contributed by atoms with Crippen LogP contribution in [0.3, 0.4) is 0 Å². The predicted molar refractivity (Wildman–Crippen MR) is 124 cm³/mol. The van der Waals surface area contributed by atoms with E-state index in [0.717, 1.165) is 10.0 Å². The number of para-hydroxylation sites is 1. The maximum absolute atomic E-state index is 13.1. The van der Waals surface area contributed by atoms with Gasteiger partial charge in [0.2, 0.25) is 5.91 Å². The molecule has 2 aromatic carbocycles. The molecule has 0 saturated heterocycles. The van der Waals surface area contributed by atoms with Gasteiger partial charge in [0.15, 0.2) is 5.16 Å². The molecule has 0 N–H and O–H groups in total. The van der Waals surface area contributed by atoms with Crippen LogP contribution in [0.1, 0.15) is 18.5 Å². The molecule has 0 aliphatic heterocycles. The molecule has 1 aromatic heterocycles. The third kappa shape index (κ3) is 5.30. The van der Waals surface area contributed by atoms with E-state index in [9.17, 15) is 9.59 Å². The molecule has 0 saturated carbocycles. The van der Waals surface area contributed by atoms with Crippen LogP contribution in [-0.2, 0) is 16.1 Å². The summed E-state index contributed by atoms with van der Waals surface area (Å²) in [4.78, 5) is 32.1. The van der Waals surface area contributed by atoms with Crippen molar-refractivity contribution in [2.75, 3.05) is 26.5 Å². The number of hydrogen-bond acceptors (Lipinski definition) is 5. The smallest absolute Gasteiger partial charge is 0.262 e. The van der Waals surface area contributed by atoms with Gasteiger partial charge in [-0.25, -0.2) is 4.98 Å². The zero-order valence-electron chi connectivity index (χ0n) is 17.2. The van der Waals surface area contributed by atoms with Gasteiger partial charge in [0, 0.05) is 25.2 Å². The number of aromatic nitrogens is 2. The molecular weight excluding hydrogens is 466 g/mol. The highest BCUT2D eigenvalue weighted by Crippen LogP contribution is 2.22. The minimum atomic E-state index is -0.197. The summed E-state index contributed by atoms with van der Waals surface area (Å²) in [5.74, 6) is 0.161. The van der Waals surface area contributed by atoms with E-state index in [0.29, 0.717) is 29.2 Å². The number of halogens is 1. The van der Waals surface area contributed by atoms with Gasteiger partial charge < -0.3 is 9.64 Å². The Morgan fingerprint density at radius 3 is 2.63 bits per heavy atom. The lowest BCUT2D eigenvalue weighted by molar-refractivity contribution is -0.127. The van der Waals surface area contributed by atoms with Crippen molar-refractivity contribution >= 4 is 44.5 Å². The maximum Gasteiger partial charge on any atom is 0.262 e. The van der Waals surface area contributed by atoms with E-state index in [1.807, 2.05) is 49.4 Å². The van der Waals surface area contributed by atoms with Gasteiger partial charge in [-0.3, -0.25) is 14.2 Å². The van der Waals surface area contributed by atoms with E-state index in [2.05, 4.69) is 20.9 Å². The molecule has 0 spiro atoms. The Morgan fingerprint density at radius 2 is 1.93 bits per heavy atom. The number of nitrogens with zero attached hydrogens (tertiary/aromatic N) is 3. The lowest BCUT2D eigenvalue weighted by Gasteiger charge is -2.20. The average molecular weight is 490 g/mol. The fourth-order valence-electron chi connectivity index (χ4n) is 3.12. The van der Waals surface area contributed by atoms with Crippen LogP contribution in [0, 0.1) is 0 Å². The summed E-state index contributed by atoms with van der Waals surface area (Å²) in [7, 11) is 3.38. The fourth-order valence-corrected chi connectivity index (χ4v) is 4.42. The highest BCUT2D eigenvalue weighted by molar-refractivity contribution is 9.10. The Bertz CT molecular complexity index is 1090. The Kier molecular flexibility index (Phi) is 7.69. The van der Waals surface area contributed by atoms with E-state index in [4.69, 9.17) is 4.74 Å². The summed E-state index contributed by atoms with van der Waals surface area (Å²) in [6.07, 6.45) is 0. The average Bonchev–Trinajstić information content (AvgIpc) is 2.73. The van der Waals surface area contributed by atoms with Gasteiger partial charge in [-0.05, 0) is 36.8 Å². The second kappa shape index (κ2) is 10.2. The Labute approximate surface area is 188 Å². The molecule has 3 rings (SSSR count). The second-order valence-electron chi connectivity index (χ2n) is 7.06. The molecule has 0 aliphatic carbocycles. The number of ether oxygens (including phenoxy) is 1. The predicted octanol–water partition coefficient (Wildman–Crippen LogP) is 4.12. The third-order valence-corrected chi connectivity index (χ3v) is 6.17. The first-order valence-electron chi connectivity index (χ1n) is 9.52. The van der Waals surface area contributed by atoms with Crippen LogP contribution in [-0.4, -0.2) is 46.9 Å². The van der Waals surface area contributed by atoms with E-state index in [1.165, 1.54) is 11.8 Å². The number of methoxy groups -OCH3 is 1. The van der Waals surface area contributed by atoms with Crippen LogP contribution < -0.4 is 5.56 Å². The molecule has 0 fully saturated rings. The maximum atomic E-state index is 13.1. The molecule has 6 nitrogen and oxygen atoms in total. The molecule has 8 heteroatoms. The van der Waals surface area contributed by atoms with Crippen molar-refractivity contribution in [3.63, 3.8) is 0 Å². The van der Waals surface area contributed by atoms with Crippen molar-refractivity contribution in [1.82, 2.24) is 14.5 Å². The van der Waals surface area contributed by atoms with Crippen LogP contribution >= 0.6 is 27.7 Å². The zero-order valence-corrected chi connectivity index (χ0v) is 19.6. The van der Waals surface area contributed by atoms with Gasteiger partial charge in [-0.1, -0.05) is 52.0 Å². The molecule has 158 valence electrons. The van der Waals surface area contributed by atoms with E-state index in [-0.39, 0.29) is 23.3 Å². The van der Waals surface area contributed by atoms with E-state index < -0.39 is 0 Å². The number of carbonyl (C=O) groups is 1. The fraction of sp³-hybridized carbons (Fsp3) is 0.318. The van der Waals surface area contributed by atoms with Gasteiger partial charge in [-0.15, -0.1) is 0 Å². The van der Waals surface area contributed by atoms with Crippen LogP contribution in [0.4, 0.5) is 0 Å². The van der Waals surface area contributed by atoms with Gasteiger partial charge >= 0.3 is 0 Å². The first-order valence-corrected chi connectivity index (χ1v) is 11.3. The quantitative estimate of drug-likeness (QED) is 0.351. The molecule has 1 heterocycles. The van der Waals surface area contributed by atoms with Crippen molar-refractivity contribution in [2.24, 2.45) is 0 Å². The van der Waals surface area contributed by atoms with E-state index >= 15 is 0 Å². The number of amides is 1. The summed E-state index contributed by atoms with van der Waals surface area (Å²) in [6.45, 7) is 2.81.